The lowest BCUT2D eigenvalue weighted by Crippen LogP contribution is -2.34. The number of fused-ring (bicyclic) bond motifs is 1. The zero-order valence-corrected chi connectivity index (χ0v) is 15.8. The summed E-state index contributed by atoms with van der Waals surface area (Å²) in [5.41, 5.74) is 1.44. The summed E-state index contributed by atoms with van der Waals surface area (Å²) in [6, 6.07) is 7.69. The number of para-hydroxylation sites is 1. The number of amides is 1. The van der Waals surface area contributed by atoms with E-state index in [1.807, 2.05) is 31.3 Å². The molecule has 0 atom stereocenters. The summed E-state index contributed by atoms with van der Waals surface area (Å²) >= 11 is 0. The van der Waals surface area contributed by atoms with Crippen LogP contribution in [0.4, 0.5) is 0 Å². The fourth-order valence-corrected chi connectivity index (χ4v) is 2.81. The van der Waals surface area contributed by atoms with Crippen molar-refractivity contribution in [3.63, 3.8) is 0 Å². The lowest BCUT2D eigenvalue weighted by Gasteiger charge is -2.16. The standard InChI is InChI=1S/C20H30N2O4/c1-3-4-8-18-19(16-7-5-6-9-17(16)26-18)20(24)21-10-11-22(2)12-14-25-15-13-23/h5-7,9,23H,3-4,8,10-15H2,1-2H3,(H,21,24). The molecule has 2 aromatic rings. The van der Waals surface area contributed by atoms with Crippen LogP contribution in [-0.2, 0) is 11.2 Å². The average Bonchev–Trinajstić information content (AvgIpc) is 3.02. The summed E-state index contributed by atoms with van der Waals surface area (Å²) in [5.74, 6) is 0.697. The number of aryl methyl sites for hydroxylation is 1. The lowest BCUT2D eigenvalue weighted by atomic mass is 10.1. The summed E-state index contributed by atoms with van der Waals surface area (Å²) in [4.78, 5) is 14.8. The Morgan fingerprint density at radius 3 is 2.85 bits per heavy atom. The van der Waals surface area contributed by atoms with Crippen LogP contribution in [0.5, 0.6) is 0 Å². The van der Waals surface area contributed by atoms with Gasteiger partial charge in [0.1, 0.15) is 11.3 Å². The Balaban J connectivity index is 1.92. The smallest absolute Gasteiger partial charge is 0.255 e. The Kier molecular flexibility index (Phi) is 8.61. The highest BCUT2D eigenvalue weighted by Crippen LogP contribution is 2.27. The van der Waals surface area contributed by atoms with Crippen LogP contribution < -0.4 is 5.32 Å². The van der Waals surface area contributed by atoms with E-state index in [0.717, 1.165) is 49.1 Å². The third-order valence-corrected chi connectivity index (χ3v) is 4.28. The summed E-state index contributed by atoms with van der Waals surface area (Å²) in [6.07, 6.45) is 2.83. The van der Waals surface area contributed by atoms with Crippen molar-refractivity contribution < 1.29 is 19.1 Å². The van der Waals surface area contributed by atoms with Crippen molar-refractivity contribution in [2.45, 2.75) is 26.2 Å². The van der Waals surface area contributed by atoms with Gasteiger partial charge in [-0.15, -0.1) is 0 Å². The molecule has 6 heteroatoms. The molecule has 0 aliphatic carbocycles. The maximum absolute atomic E-state index is 12.7. The van der Waals surface area contributed by atoms with Crippen molar-refractivity contribution in [1.82, 2.24) is 10.2 Å². The van der Waals surface area contributed by atoms with Crippen molar-refractivity contribution >= 4 is 16.9 Å². The molecule has 0 fully saturated rings. The van der Waals surface area contributed by atoms with Crippen LogP contribution in [0.15, 0.2) is 28.7 Å². The van der Waals surface area contributed by atoms with Gasteiger partial charge in [0.25, 0.3) is 5.91 Å². The van der Waals surface area contributed by atoms with Gasteiger partial charge in [0.2, 0.25) is 0 Å². The lowest BCUT2D eigenvalue weighted by molar-refractivity contribution is 0.0780. The topological polar surface area (TPSA) is 74.9 Å². The normalized spacial score (nSPS) is 11.4. The summed E-state index contributed by atoms with van der Waals surface area (Å²) in [5, 5.41) is 12.6. The number of carbonyl (C=O) groups excluding carboxylic acids is 1. The first kappa shape index (κ1) is 20.4. The number of carbonyl (C=O) groups is 1. The van der Waals surface area contributed by atoms with Crippen LogP contribution in [0.1, 0.15) is 35.9 Å². The number of ether oxygens (including phenoxy) is 1. The van der Waals surface area contributed by atoms with E-state index in [1.165, 1.54) is 0 Å². The first-order chi connectivity index (χ1) is 12.7. The van der Waals surface area contributed by atoms with Gasteiger partial charge in [0.05, 0.1) is 25.4 Å². The Labute approximate surface area is 155 Å². The van der Waals surface area contributed by atoms with E-state index >= 15 is 0 Å². The summed E-state index contributed by atoms with van der Waals surface area (Å²) in [7, 11) is 1.98. The third kappa shape index (κ3) is 5.83. The van der Waals surface area contributed by atoms with Crippen molar-refractivity contribution in [3.8, 4) is 0 Å². The number of likely N-dealkylation sites (N-methyl/N-ethyl adjacent to an activating group) is 1. The highest BCUT2D eigenvalue weighted by Gasteiger charge is 2.19. The minimum Gasteiger partial charge on any atom is -0.460 e. The van der Waals surface area contributed by atoms with Crippen LogP contribution in [0, 0.1) is 0 Å². The molecule has 0 bridgehead atoms. The Morgan fingerprint density at radius 1 is 1.27 bits per heavy atom. The van der Waals surface area contributed by atoms with E-state index < -0.39 is 0 Å². The number of aliphatic hydroxyl groups is 1. The Bertz CT molecular complexity index is 684. The van der Waals surface area contributed by atoms with Gasteiger partial charge in [0.15, 0.2) is 0 Å². The molecule has 6 nitrogen and oxygen atoms in total. The SMILES string of the molecule is CCCCc1oc2ccccc2c1C(=O)NCCN(C)CCOCCO. The molecule has 1 amide bonds. The molecule has 1 heterocycles. The van der Waals surface area contributed by atoms with Crippen LogP contribution >= 0.6 is 0 Å². The molecule has 0 aliphatic heterocycles. The average molecular weight is 362 g/mol. The Hall–Kier alpha value is -1.89. The van der Waals surface area contributed by atoms with E-state index in [-0.39, 0.29) is 12.5 Å². The number of nitrogens with one attached hydrogen (secondary N) is 1. The zero-order chi connectivity index (χ0) is 18.8. The molecule has 0 spiro atoms. The van der Waals surface area contributed by atoms with E-state index in [9.17, 15) is 4.79 Å². The van der Waals surface area contributed by atoms with Gasteiger partial charge in [-0.25, -0.2) is 0 Å². The van der Waals surface area contributed by atoms with Crippen LogP contribution in [0.2, 0.25) is 0 Å². The first-order valence-electron chi connectivity index (χ1n) is 9.33. The molecule has 0 aliphatic rings. The molecular weight excluding hydrogens is 332 g/mol. The van der Waals surface area contributed by atoms with E-state index in [4.69, 9.17) is 14.3 Å². The number of furan rings is 1. The first-order valence-corrected chi connectivity index (χ1v) is 9.33. The summed E-state index contributed by atoms with van der Waals surface area (Å²) in [6.45, 7) is 5.14. The van der Waals surface area contributed by atoms with Crippen molar-refractivity contribution in [2.24, 2.45) is 0 Å². The second kappa shape index (κ2) is 11.0. The fourth-order valence-electron chi connectivity index (χ4n) is 2.81. The number of benzene rings is 1. The predicted molar refractivity (Wildman–Crippen MR) is 103 cm³/mol. The van der Waals surface area contributed by atoms with E-state index in [2.05, 4.69) is 17.1 Å². The second-order valence-electron chi connectivity index (χ2n) is 6.40. The molecule has 144 valence electrons. The van der Waals surface area contributed by atoms with Crippen LogP contribution in [0.3, 0.4) is 0 Å². The number of aliphatic hydroxyl groups excluding tert-OH is 1. The maximum atomic E-state index is 12.7. The third-order valence-electron chi connectivity index (χ3n) is 4.28. The van der Waals surface area contributed by atoms with Crippen molar-refractivity contribution in [3.05, 3.63) is 35.6 Å². The minimum atomic E-state index is -0.0778. The monoisotopic (exact) mass is 362 g/mol. The fraction of sp³-hybridized carbons (Fsp3) is 0.550. The number of unbranched alkanes of at least 4 members (excludes halogenated alkanes) is 1. The van der Waals surface area contributed by atoms with Crippen LogP contribution in [-0.4, -0.2) is 62.4 Å². The van der Waals surface area contributed by atoms with Crippen LogP contribution in [0.25, 0.3) is 11.0 Å². The number of rotatable bonds is 12. The summed E-state index contributed by atoms with van der Waals surface area (Å²) < 4.78 is 11.2. The van der Waals surface area contributed by atoms with E-state index in [1.54, 1.807) is 0 Å². The van der Waals surface area contributed by atoms with E-state index in [0.29, 0.717) is 25.3 Å². The van der Waals surface area contributed by atoms with Gasteiger partial charge in [-0.1, -0.05) is 31.5 Å². The molecule has 0 saturated heterocycles. The molecule has 26 heavy (non-hydrogen) atoms. The molecule has 1 aromatic heterocycles. The van der Waals surface area contributed by atoms with Gasteiger partial charge in [-0.2, -0.15) is 0 Å². The van der Waals surface area contributed by atoms with Crippen molar-refractivity contribution in [1.29, 1.82) is 0 Å². The van der Waals surface area contributed by atoms with Gasteiger partial charge < -0.3 is 24.5 Å². The highest BCUT2D eigenvalue weighted by atomic mass is 16.5. The van der Waals surface area contributed by atoms with Gasteiger partial charge in [-0.05, 0) is 19.5 Å². The number of hydrogen-bond donors (Lipinski definition) is 2. The number of hydrogen-bond acceptors (Lipinski definition) is 5. The zero-order valence-electron chi connectivity index (χ0n) is 15.8. The Morgan fingerprint density at radius 2 is 2.08 bits per heavy atom. The second-order valence-corrected chi connectivity index (χ2v) is 6.40. The molecule has 0 unspecified atom stereocenters. The molecule has 0 saturated carbocycles. The van der Waals surface area contributed by atoms with Crippen molar-refractivity contribution in [2.75, 3.05) is 46.5 Å². The largest absolute Gasteiger partial charge is 0.460 e. The molecule has 0 radical (unpaired) electrons. The quantitative estimate of drug-likeness (QED) is 0.567. The number of nitrogens with zero attached hydrogens (tertiary/aromatic N) is 1. The molecular formula is C20H30N2O4. The molecule has 1 aromatic carbocycles. The molecule has 2 N–H and O–H groups in total. The van der Waals surface area contributed by atoms with Gasteiger partial charge >= 0.3 is 0 Å². The predicted octanol–water partition coefficient (Wildman–Crippen LogP) is 2.45. The minimum absolute atomic E-state index is 0.0405. The maximum Gasteiger partial charge on any atom is 0.255 e. The van der Waals surface area contributed by atoms with Gasteiger partial charge in [-0.3, -0.25) is 4.79 Å². The van der Waals surface area contributed by atoms with Gasteiger partial charge in [0, 0.05) is 31.4 Å². The molecule has 2 rings (SSSR count). The highest BCUT2D eigenvalue weighted by molar-refractivity contribution is 6.07.